The molecule has 2 aromatic carbocycles. The van der Waals surface area contributed by atoms with Crippen LogP contribution in [0.4, 0.5) is 18.9 Å². The van der Waals surface area contributed by atoms with Crippen molar-refractivity contribution in [1.29, 1.82) is 0 Å². The number of benzene rings is 2. The summed E-state index contributed by atoms with van der Waals surface area (Å²) >= 11 is 5.90. The second-order valence-corrected chi connectivity index (χ2v) is 6.48. The molecule has 0 aliphatic carbocycles. The van der Waals surface area contributed by atoms with Crippen LogP contribution < -0.4 is 9.80 Å². The molecule has 0 bridgehead atoms. The predicted octanol–water partition coefficient (Wildman–Crippen LogP) is 3.26. The third-order valence-electron chi connectivity index (χ3n) is 4.43. The molecular weight excluding hydrogens is 337 g/mol. The van der Waals surface area contributed by atoms with Crippen LogP contribution in [0.15, 0.2) is 48.5 Å². The molecule has 3 rings (SSSR count). The van der Waals surface area contributed by atoms with Gasteiger partial charge in [-0.05, 0) is 30.3 Å². The summed E-state index contributed by atoms with van der Waals surface area (Å²) < 4.78 is 39.3. The lowest BCUT2D eigenvalue weighted by Gasteiger charge is -2.34. The van der Waals surface area contributed by atoms with Gasteiger partial charge in [-0.3, -0.25) is 0 Å². The number of anilines is 1. The van der Waals surface area contributed by atoms with Crippen molar-refractivity contribution < 1.29 is 18.1 Å². The number of nitrogens with zero attached hydrogens (tertiary/aromatic N) is 1. The van der Waals surface area contributed by atoms with E-state index >= 15 is 0 Å². The van der Waals surface area contributed by atoms with E-state index in [-0.39, 0.29) is 0 Å². The van der Waals surface area contributed by atoms with Crippen molar-refractivity contribution in [3.63, 3.8) is 0 Å². The van der Waals surface area contributed by atoms with E-state index in [1.165, 1.54) is 17.0 Å². The minimum Gasteiger partial charge on any atom is -0.360 e. The molecule has 1 N–H and O–H groups in total. The van der Waals surface area contributed by atoms with Crippen molar-refractivity contribution in [2.24, 2.45) is 0 Å². The lowest BCUT2D eigenvalue weighted by Crippen LogP contribution is -3.13. The van der Waals surface area contributed by atoms with Crippen LogP contribution in [0.5, 0.6) is 0 Å². The zero-order chi connectivity index (χ0) is 17.2. The Balaban J connectivity index is 1.63. The largest absolute Gasteiger partial charge is 0.416 e. The molecule has 0 unspecified atom stereocenters. The van der Waals surface area contributed by atoms with Gasteiger partial charge < -0.3 is 9.80 Å². The van der Waals surface area contributed by atoms with Crippen molar-refractivity contribution in [3.05, 3.63) is 64.7 Å². The summed E-state index contributed by atoms with van der Waals surface area (Å²) in [5.74, 6) is 0. The van der Waals surface area contributed by atoms with Gasteiger partial charge in [-0.25, -0.2) is 0 Å². The third kappa shape index (κ3) is 4.02. The number of piperazine rings is 1. The van der Waals surface area contributed by atoms with Crippen LogP contribution in [-0.2, 0) is 12.7 Å². The molecule has 2 aromatic rings. The average Bonchev–Trinajstić information content (AvgIpc) is 2.56. The molecule has 1 aliphatic heterocycles. The van der Waals surface area contributed by atoms with Crippen molar-refractivity contribution in [2.75, 3.05) is 31.1 Å². The second kappa shape index (κ2) is 7.03. The van der Waals surface area contributed by atoms with Crippen LogP contribution in [0.3, 0.4) is 0 Å². The van der Waals surface area contributed by atoms with Gasteiger partial charge in [-0.1, -0.05) is 29.8 Å². The Kier molecular flexibility index (Phi) is 5.01. The minimum atomic E-state index is -4.29. The number of nitrogens with one attached hydrogen (secondary N) is 1. The number of rotatable bonds is 3. The van der Waals surface area contributed by atoms with Gasteiger partial charge in [0.05, 0.1) is 31.7 Å². The molecule has 24 heavy (non-hydrogen) atoms. The maximum atomic E-state index is 13.1. The van der Waals surface area contributed by atoms with Gasteiger partial charge in [0.15, 0.2) is 0 Å². The van der Waals surface area contributed by atoms with Crippen LogP contribution in [0.2, 0.25) is 5.02 Å². The number of alkyl halides is 3. The fourth-order valence-corrected chi connectivity index (χ4v) is 3.26. The van der Waals surface area contributed by atoms with Crippen LogP contribution in [0.25, 0.3) is 0 Å². The Morgan fingerprint density at radius 1 is 0.958 bits per heavy atom. The molecule has 0 amide bonds. The molecule has 1 aliphatic rings. The lowest BCUT2D eigenvalue weighted by atomic mass is 10.1. The van der Waals surface area contributed by atoms with E-state index in [1.54, 1.807) is 12.1 Å². The molecule has 0 spiro atoms. The number of hydrogen-bond acceptors (Lipinski definition) is 1. The van der Waals surface area contributed by atoms with E-state index < -0.39 is 11.7 Å². The Bertz CT molecular complexity index is 677. The van der Waals surface area contributed by atoms with Gasteiger partial charge >= 0.3 is 6.18 Å². The van der Waals surface area contributed by atoms with Crippen LogP contribution in [0, 0.1) is 0 Å². The van der Waals surface area contributed by atoms with Gasteiger partial charge in [-0.2, -0.15) is 13.2 Å². The molecule has 1 saturated heterocycles. The molecule has 0 aromatic heterocycles. The first-order valence-electron chi connectivity index (χ1n) is 7.92. The van der Waals surface area contributed by atoms with Crippen LogP contribution >= 0.6 is 11.6 Å². The highest BCUT2D eigenvalue weighted by molar-refractivity contribution is 6.30. The number of halogens is 4. The van der Waals surface area contributed by atoms with E-state index in [4.69, 9.17) is 11.6 Å². The highest BCUT2D eigenvalue weighted by Crippen LogP contribution is 2.31. The van der Waals surface area contributed by atoms with Gasteiger partial charge in [0, 0.05) is 16.3 Å². The minimum absolute atomic E-state index is 0.375. The lowest BCUT2D eigenvalue weighted by molar-refractivity contribution is -0.914. The fraction of sp³-hybridized carbons (Fsp3) is 0.333. The van der Waals surface area contributed by atoms with Gasteiger partial charge in [0.25, 0.3) is 0 Å². The standard InChI is InChI=1S/C18H18ClF3N2/c19-15-5-7-16(8-6-15)24-11-9-23(10-12-24)13-14-3-1-2-4-17(14)18(20,21)22/h1-8H,9-13H2/p+1. The maximum absolute atomic E-state index is 13.1. The van der Waals surface area contributed by atoms with Gasteiger partial charge in [0.2, 0.25) is 0 Å². The summed E-state index contributed by atoms with van der Waals surface area (Å²) in [6, 6.07) is 13.5. The summed E-state index contributed by atoms with van der Waals surface area (Å²) in [6.07, 6.45) is -4.29. The number of quaternary nitrogens is 1. The molecule has 0 radical (unpaired) electrons. The summed E-state index contributed by atoms with van der Waals surface area (Å²) in [5, 5.41) is 0.701. The Morgan fingerprint density at radius 3 is 2.21 bits per heavy atom. The predicted molar refractivity (Wildman–Crippen MR) is 89.5 cm³/mol. The first-order valence-corrected chi connectivity index (χ1v) is 8.30. The van der Waals surface area contributed by atoms with Crippen molar-refractivity contribution in [2.45, 2.75) is 12.7 Å². The smallest absolute Gasteiger partial charge is 0.360 e. The summed E-state index contributed by atoms with van der Waals surface area (Å²) in [7, 11) is 0. The molecular formula is C18H19ClF3N2+. The zero-order valence-corrected chi connectivity index (χ0v) is 13.9. The fourth-order valence-electron chi connectivity index (χ4n) is 3.13. The zero-order valence-electron chi connectivity index (χ0n) is 13.1. The van der Waals surface area contributed by atoms with Crippen LogP contribution in [0.1, 0.15) is 11.1 Å². The molecule has 2 nitrogen and oxygen atoms in total. The molecule has 0 saturated carbocycles. The van der Waals surface area contributed by atoms with Gasteiger partial charge in [-0.15, -0.1) is 0 Å². The van der Waals surface area contributed by atoms with Crippen LogP contribution in [-0.4, -0.2) is 26.2 Å². The Labute approximate surface area is 144 Å². The molecule has 6 heteroatoms. The van der Waals surface area contributed by atoms with Crippen molar-refractivity contribution in [1.82, 2.24) is 0 Å². The summed E-state index contributed by atoms with van der Waals surface area (Å²) in [4.78, 5) is 3.42. The topological polar surface area (TPSA) is 7.68 Å². The normalized spacial score (nSPS) is 16.4. The van der Waals surface area contributed by atoms with Crippen molar-refractivity contribution in [3.8, 4) is 0 Å². The molecule has 128 valence electrons. The third-order valence-corrected chi connectivity index (χ3v) is 4.68. The Hall–Kier alpha value is -1.72. The van der Waals surface area contributed by atoms with E-state index in [9.17, 15) is 13.2 Å². The monoisotopic (exact) mass is 355 g/mol. The van der Waals surface area contributed by atoms with E-state index in [0.29, 0.717) is 17.1 Å². The maximum Gasteiger partial charge on any atom is 0.416 e. The van der Waals surface area contributed by atoms with E-state index in [0.717, 1.165) is 31.9 Å². The number of hydrogen-bond donors (Lipinski definition) is 1. The molecule has 0 atom stereocenters. The van der Waals surface area contributed by atoms with E-state index in [2.05, 4.69) is 4.90 Å². The quantitative estimate of drug-likeness (QED) is 0.888. The first-order chi connectivity index (χ1) is 11.4. The highest BCUT2D eigenvalue weighted by atomic mass is 35.5. The summed E-state index contributed by atoms with van der Waals surface area (Å²) in [5.41, 5.74) is 0.965. The van der Waals surface area contributed by atoms with Crippen molar-refractivity contribution >= 4 is 17.3 Å². The highest BCUT2D eigenvalue weighted by Gasteiger charge is 2.34. The van der Waals surface area contributed by atoms with E-state index in [1.807, 2.05) is 24.3 Å². The average molecular weight is 356 g/mol. The van der Waals surface area contributed by atoms with Gasteiger partial charge in [0.1, 0.15) is 6.54 Å². The first kappa shape index (κ1) is 17.1. The molecule has 1 heterocycles. The Morgan fingerprint density at radius 2 is 1.58 bits per heavy atom. The molecule has 1 fully saturated rings. The second-order valence-electron chi connectivity index (χ2n) is 6.05. The SMILES string of the molecule is FC(F)(F)c1ccccc1C[NH+]1CCN(c2ccc(Cl)cc2)CC1. The summed E-state index contributed by atoms with van der Waals surface area (Å²) in [6.45, 7) is 3.68.